The van der Waals surface area contributed by atoms with E-state index in [1.165, 1.54) is 0 Å². The van der Waals surface area contributed by atoms with Crippen LogP contribution in [0.2, 0.25) is 0 Å². The summed E-state index contributed by atoms with van der Waals surface area (Å²) in [5.41, 5.74) is 0. The minimum absolute atomic E-state index is 0.130. The Labute approximate surface area is 82.0 Å². The van der Waals surface area contributed by atoms with Crippen molar-refractivity contribution in [1.29, 1.82) is 0 Å². The molecule has 0 aliphatic heterocycles. The molecule has 0 heterocycles. The van der Waals surface area contributed by atoms with Gasteiger partial charge in [-0.25, -0.2) is 9.59 Å². The number of rotatable bonds is 4. The molecule has 0 aliphatic rings. The van der Waals surface area contributed by atoms with Crippen LogP contribution in [0.15, 0.2) is 25.3 Å². The van der Waals surface area contributed by atoms with Crippen molar-refractivity contribution in [2.45, 2.75) is 11.8 Å². The second-order valence-corrected chi connectivity index (χ2v) is 2.33. The third kappa shape index (κ3) is 3.19. The monoisotopic (exact) mass is 226 g/mol. The maximum Gasteiger partial charge on any atom is 0.389 e. The second-order valence-electron chi connectivity index (χ2n) is 2.33. The molecule has 0 spiro atoms. The van der Waals surface area contributed by atoms with E-state index in [1.54, 1.807) is 0 Å². The highest BCUT2D eigenvalue weighted by molar-refractivity contribution is 5.94. The highest BCUT2D eigenvalue weighted by atomic mass is 19.3. The van der Waals surface area contributed by atoms with Gasteiger partial charge in [0.1, 0.15) is 0 Å². The summed E-state index contributed by atoms with van der Waals surface area (Å²) in [6, 6.07) is 0. The molecule has 7 heteroatoms. The Bertz CT molecular complexity index is 279. The first kappa shape index (κ1) is 13.3. The molecule has 0 atom stereocenters. The van der Waals surface area contributed by atoms with Crippen LogP contribution in [0, 0.1) is 0 Å². The van der Waals surface area contributed by atoms with Gasteiger partial charge in [-0.05, 0) is 12.2 Å². The summed E-state index contributed by atoms with van der Waals surface area (Å²) < 4.78 is 52.8. The summed E-state index contributed by atoms with van der Waals surface area (Å²) in [6.45, 7) is 5.15. The molecule has 0 saturated carbocycles. The molecule has 3 nitrogen and oxygen atoms in total. The molecule has 0 radical (unpaired) electrons. The molecule has 84 valence electrons. The predicted molar refractivity (Wildman–Crippen MR) is 41.4 cm³/mol. The minimum Gasteiger partial charge on any atom is -0.384 e. The average molecular weight is 226 g/mol. The van der Waals surface area contributed by atoms with E-state index < -0.39 is 23.8 Å². The Morgan fingerprint density at radius 3 is 1.40 bits per heavy atom. The molecule has 0 bridgehead atoms. The van der Waals surface area contributed by atoms with Crippen molar-refractivity contribution >= 4 is 11.9 Å². The summed E-state index contributed by atoms with van der Waals surface area (Å²) in [7, 11) is 0. The van der Waals surface area contributed by atoms with Gasteiger partial charge in [-0.3, -0.25) is 0 Å². The third-order valence-corrected chi connectivity index (χ3v) is 1.24. The van der Waals surface area contributed by atoms with Gasteiger partial charge in [-0.15, -0.1) is 0 Å². The van der Waals surface area contributed by atoms with E-state index in [1.807, 2.05) is 0 Å². The van der Waals surface area contributed by atoms with E-state index in [4.69, 9.17) is 0 Å². The fourth-order valence-corrected chi connectivity index (χ4v) is 0.387. The standard InChI is InChI=1S/C8H6F4O3/c1-3-7(9,10)5(13)15-6(14)8(11,12)4-2/h3-4H,1-2H2. The molecule has 0 unspecified atom stereocenters. The van der Waals surface area contributed by atoms with Crippen LogP contribution in [0.25, 0.3) is 0 Å². The molecule has 0 aromatic carbocycles. The molecule has 0 aromatic rings. The number of hydrogen-bond acceptors (Lipinski definition) is 3. The van der Waals surface area contributed by atoms with Gasteiger partial charge in [0.15, 0.2) is 0 Å². The van der Waals surface area contributed by atoms with Crippen LogP contribution in [0.4, 0.5) is 17.6 Å². The van der Waals surface area contributed by atoms with Gasteiger partial charge in [-0.1, -0.05) is 13.2 Å². The third-order valence-electron chi connectivity index (χ3n) is 1.24. The largest absolute Gasteiger partial charge is 0.389 e. The first-order chi connectivity index (χ1) is 6.67. The molecule has 0 fully saturated rings. The molecular formula is C8H6F4O3. The van der Waals surface area contributed by atoms with Crippen LogP contribution in [-0.4, -0.2) is 23.8 Å². The lowest BCUT2D eigenvalue weighted by Gasteiger charge is -2.12. The zero-order valence-electron chi connectivity index (χ0n) is 7.31. The molecular weight excluding hydrogens is 220 g/mol. The zero-order chi connectivity index (χ0) is 12.3. The van der Waals surface area contributed by atoms with Gasteiger partial charge in [0.25, 0.3) is 0 Å². The van der Waals surface area contributed by atoms with Crippen molar-refractivity contribution in [1.82, 2.24) is 0 Å². The smallest absolute Gasteiger partial charge is 0.384 e. The Kier molecular flexibility index (Phi) is 3.77. The van der Waals surface area contributed by atoms with Crippen molar-refractivity contribution < 1.29 is 31.9 Å². The lowest BCUT2D eigenvalue weighted by atomic mass is 10.3. The molecule has 15 heavy (non-hydrogen) atoms. The van der Waals surface area contributed by atoms with Crippen molar-refractivity contribution in [3.63, 3.8) is 0 Å². The molecule has 0 N–H and O–H groups in total. The quantitative estimate of drug-likeness (QED) is 0.317. The van der Waals surface area contributed by atoms with E-state index in [2.05, 4.69) is 17.9 Å². The summed E-state index contributed by atoms with van der Waals surface area (Å²) >= 11 is 0. The van der Waals surface area contributed by atoms with Crippen LogP contribution < -0.4 is 0 Å². The van der Waals surface area contributed by atoms with Crippen molar-refractivity contribution in [3.8, 4) is 0 Å². The van der Waals surface area contributed by atoms with Crippen LogP contribution in [0.1, 0.15) is 0 Å². The van der Waals surface area contributed by atoms with Crippen LogP contribution >= 0.6 is 0 Å². The van der Waals surface area contributed by atoms with Gasteiger partial charge in [-0.2, -0.15) is 17.6 Å². The van der Waals surface area contributed by atoms with Crippen LogP contribution in [-0.2, 0) is 14.3 Å². The lowest BCUT2D eigenvalue weighted by molar-refractivity contribution is -0.184. The Balaban J connectivity index is 4.65. The molecule has 0 aromatic heterocycles. The van der Waals surface area contributed by atoms with Crippen LogP contribution in [0.5, 0.6) is 0 Å². The number of esters is 2. The van der Waals surface area contributed by atoms with Crippen LogP contribution in [0.3, 0.4) is 0 Å². The van der Waals surface area contributed by atoms with E-state index in [-0.39, 0.29) is 12.2 Å². The van der Waals surface area contributed by atoms with Crippen molar-refractivity contribution in [2.75, 3.05) is 0 Å². The van der Waals surface area contributed by atoms with Crippen molar-refractivity contribution in [2.24, 2.45) is 0 Å². The fraction of sp³-hybridized carbons (Fsp3) is 0.250. The fourth-order valence-electron chi connectivity index (χ4n) is 0.387. The highest BCUT2D eigenvalue weighted by Gasteiger charge is 2.44. The molecule has 0 aliphatic carbocycles. The first-order valence-corrected chi connectivity index (χ1v) is 3.47. The van der Waals surface area contributed by atoms with E-state index in [0.717, 1.165) is 0 Å². The second kappa shape index (κ2) is 4.24. The maximum atomic E-state index is 12.4. The molecule has 0 rings (SSSR count). The lowest BCUT2D eigenvalue weighted by Crippen LogP contribution is -2.36. The van der Waals surface area contributed by atoms with Gasteiger partial charge in [0.2, 0.25) is 0 Å². The number of ether oxygens (including phenoxy) is 1. The van der Waals surface area contributed by atoms with Gasteiger partial charge >= 0.3 is 23.8 Å². The number of halogens is 4. The van der Waals surface area contributed by atoms with Gasteiger partial charge in [0.05, 0.1) is 0 Å². The minimum atomic E-state index is -4.19. The van der Waals surface area contributed by atoms with E-state index in [9.17, 15) is 27.2 Å². The number of alkyl halides is 4. The van der Waals surface area contributed by atoms with E-state index in [0.29, 0.717) is 0 Å². The maximum absolute atomic E-state index is 12.4. The highest BCUT2D eigenvalue weighted by Crippen LogP contribution is 2.21. The summed E-state index contributed by atoms with van der Waals surface area (Å²) in [5, 5.41) is 0. The first-order valence-electron chi connectivity index (χ1n) is 3.47. The number of hydrogen-bond donors (Lipinski definition) is 0. The molecule has 0 amide bonds. The average Bonchev–Trinajstić information content (AvgIpc) is 2.17. The molecule has 0 saturated heterocycles. The number of carbonyl (C=O) groups is 2. The normalized spacial score (nSPS) is 11.7. The van der Waals surface area contributed by atoms with Crippen molar-refractivity contribution in [3.05, 3.63) is 25.3 Å². The summed E-state index contributed by atoms with van der Waals surface area (Å²) in [4.78, 5) is 20.9. The van der Waals surface area contributed by atoms with Gasteiger partial charge in [0, 0.05) is 0 Å². The Morgan fingerprint density at radius 1 is 0.933 bits per heavy atom. The Morgan fingerprint density at radius 2 is 1.20 bits per heavy atom. The topological polar surface area (TPSA) is 43.4 Å². The summed E-state index contributed by atoms with van der Waals surface area (Å²) in [6.07, 6.45) is -0.261. The SMILES string of the molecule is C=CC(F)(F)C(=O)OC(=O)C(F)(F)C=C. The summed E-state index contributed by atoms with van der Waals surface area (Å²) in [5.74, 6) is -13.2. The van der Waals surface area contributed by atoms with Gasteiger partial charge < -0.3 is 4.74 Å². The number of carbonyl (C=O) groups excluding carboxylic acids is 2. The van der Waals surface area contributed by atoms with E-state index >= 15 is 0 Å². The predicted octanol–water partition coefficient (Wildman–Crippen LogP) is 1.70. The Hall–Kier alpha value is -1.66. The zero-order valence-corrected chi connectivity index (χ0v) is 7.31.